The van der Waals surface area contributed by atoms with Crippen LogP contribution in [-0.2, 0) is 0 Å². The zero-order valence-corrected chi connectivity index (χ0v) is 30.5. The highest BCUT2D eigenvalue weighted by atomic mass is 15.0. The van der Waals surface area contributed by atoms with Crippen LogP contribution in [0.4, 0.5) is 0 Å². The van der Waals surface area contributed by atoms with Crippen molar-refractivity contribution in [2.75, 3.05) is 0 Å². The minimum atomic E-state index is 0.621. The van der Waals surface area contributed by atoms with E-state index >= 15 is 0 Å². The lowest BCUT2D eigenvalue weighted by Crippen LogP contribution is -2.00. The first kappa shape index (κ1) is 33.6. The van der Waals surface area contributed by atoms with Gasteiger partial charge in [0.1, 0.15) is 0 Å². The van der Waals surface area contributed by atoms with Crippen LogP contribution in [0.25, 0.3) is 89.8 Å². The second-order valence-electron chi connectivity index (χ2n) is 13.8. The summed E-state index contributed by atoms with van der Waals surface area (Å²) >= 11 is 0. The van der Waals surface area contributed by atoms with Crippen LogP contribution in [0.5, 0.6) is 0 Å². The van der Waals surface area contributed by atoms with Gasteiger partial charge in [0.25, 0.3) is 0 Å². The van der Waals surface area contributed by atoms with Gasteiger partial charge in [-0.25, -0.2) is 15.0 Å². The molecule has 260 valence electrons. The molecule has 0 spiro atoms. The van der Waals surface area contributed by atoms with E-state index in [2.05, 4.69) is 207 Å². The summed E-state index contributed by atoms with van der Waals surface area (Å²) in [4.78, 5) is 15.5. The molecule has 0 saturated carbocycles. The van der Waals surface area contributed by atoms with Gasteiger partial charge in [0.2, 0.25) is 0 Å². The van der Waals surface area contributed by atoms with Gasteiger partial charge in [-0.1, -0.05) is 170 Å². The number of hydrogen-bond donors (Lipinski definition) is 0. The molecule has 1 aromatic heterocycles. The lowest BCUT2D eigenvalue weighted by Gasteiger charge is -2.13. The summed E-state index contributed by atoms with van der Waals surface area (Å²) in [6, 6.07) is 72.4. The van der Waals surface area contributed by atoms with Crippen LogP contribution in [0.3, 0.4) is 0 Å². The molecule has 55 heavy (non-hydrogen) atoms. The Morgan fingerprint density at radius 1 is 0.236 bits per heavy atom. The first-order valence-electron chi connectivity index (χ1n) is 18.6. The van der Waals surface area contributed by atoms with Gasteiger partial charge in [0.15, 0.2) is 17.5 Å². The van der Waals surface area contributed by atoms with E-state index in [1.54, 1.807) is 0 Å². The Morgan fingerprint density at radius 2 is 0.527 bits per heavy atom. The third kappa shape index (κ3) is 7.24. The first-order valence-corrected chi connectivity index (χ1v) is 18.6. The summed E-state index contributed by atoms with van der Waals surface area (Å²) < 4.78 is 0. The maximum atomic E-state index is 5.18. The zero-order chi connectivity index (χ0) is 37.0. The SMILES string of the molecule is Cc1ccccc1-c1cccc(-c2nc(-c3cccc(-c4ccccc4)c3)nc(-c3cccc(-c4cc(-c5ccccc5)cc(-c5ccccc5)c4)c3)n2)c1. The summed E-state index contributed by atoms with van der Waals surface area (Å²) in [5.74, 6) is 1.88. The number of rotatable bonds is 8. The summed E-state index contributed by atoms with van der Waals surface area (Å²) in [6.07, 6.45) is 0. The molecule has 0 radical (unpaired) electrons. The zero-order valence-electron chi connectivity index (χ0n) is 30.5. The maximum absolute atomic E-state index is 5.18. The van der Waals surface area contributed by atoms with E-state index in [1.807, 2.05) is 6.07 Å². The molecule has 9 aromatic rings. The summed E-state index contributed by atoms with van der Waals surface area (Å²) in [7, 11) is 0. The van der Waals surface area contributed by atoms with E-state index in [1.165, 1.54) is 33.4 Å². The lowest BCUT2D eigenvalue weighted by molar-refractivity contribution is 1.07. The molecule has 0 N–H and O–H groups in total. The number of aryl methyl sites for hydroxylation is 1. The second kappa shape index (κ2) is 15.0. The molecule has 0 atom stereocenters. The Labute approximate surface area is 322 Å². The van der Waals surface area contributed by atoms with Crippen LogP contribution in [0.2, 0.25) is 0 Å². The molecule has 0 fully saturated rings. The predicted octanol–water partition coefficient (Wildman–Crippen LogP) is 13.5. The van der Waals surface area contributed by atoms with Gasteiger partial charge < -0.3 is 0 Å². The average molecular weight is 704 g/mol. The highest BCUT2D eigenvalue weighted by molar-refractivity contribution is 5.83. The van der Waals surface area contributed by atoms with E-state index in [0.29, 0.717) is 17.5 Å². The van der Waals surface area contributed by atoms with Gasteiger partial charge in [-0.3, -0.25) is 0 Å². The van der Waals surface area contributed by atoms with Crippen LogP contribution in [0.1, 0.15) is 5.56 Å². The number of nitrogens with zero attached hydrogens (tertiary/aromatic N) is 3. The van der Waals surface area contributed by atoms with Crippen molar-refractivity contribution >= 4 is 0 Å². The van der Waals surface area contributed by atoms with Crippen LogP contribution >= 0.6 is 0 Å². The first-order chi connectivity index (χ1) is 27.1. The Hall–Kier alpha value is -7.23. The van der Waals surface area contributed by atoms with Crippen molar-refractivity contribution in [1.29, 1.82) is 0 Å². The van der Waals surface area contributed by atoms with Crippen LogP contribution in [-0.4, -0.2) is 15.0 Å². The monoisotopic (exact) mass is 703 g/mol. The van der Waals surface area contributed by atoms with Gasteiger partial charge in [0, 0.05) is 16.7 Å². The fourth-order valence-electron chi connectivity index (χ4n) is 7.18. The third-order valence-electron chi connectivity index (χ3n) is 10.0. The fourth-order valence-corrected chi connectivity index (χ4v) is 7.18. The van der Waals surface area contributed by atoms with Gasteiger partial charge >= 0.3 is 0 Å². The Morgan fingerprint density at radius 3 is 0.982 bits per heavy atom. The Kier molecular flexibility index (Phi) is 9.17. The lowest BCUT2D eigenvalue weighted by atomic mass is 9.93. The van der Waals surface area contributed by atoms with Crippen molar-refractivity contribution in [3.63, 3.8) is 0 Å². The smallest absolute Gasteiger partial charge is 0.164 e. The normalized spacial score (nSPS) is 11.0. The molecule has 0 bridgehead atoms. The van der Waals surface area contributed by atoms with E-state index < -0.39 is 0 Å². The molecule has 0 aliphatic carbocycles. The molecule has 9 rings (SSSR count). The molecule has 3 nitrogen and oxygen atoms in total. The molecule has 8 aromatic carbocycles. The van der Waals surface area contributed by atoms with Crippen molar-refractivity contribution < 1.29 is 0 Å². The summed E-state index contributed by atoms with van der Waals surface area (Å²) in [5.41, 5.74) is 15.5. The van der Waals surface area contributed by atoms with Crippen LogP contribution in [0.15, 0.2) is 206 Å². The van der Waals surface area contributed by atoms with Gasteiger partial charge in [-0.2, -0.15) is 0 Å². The largest absolute Gasteiger partial charge is 0.208 e. The molecular formula is C52H37N3. The van der Waals surface area contributed by atoms with Gasteiger partial charge in [0.05, 0.1) is 0 Å². The fraction of sp³-hybridized carbons (Fsp3) is 0.0192. The second-order valence-corrected chi connectivity index (χ2v) is 13.8. The van der Waals surface area contributed by atoms with Crippen LogP contribution in [0, 0.1) is 6.92 Å². The molecular weight excluding hydrogens is 667 g/mol. The Bertz CT molecular complexity index is 2700. The highest BCUT2D eigenvalue weighted by Crippen LogP contribution is 2.35. The van der Waals surface area contributed by atoms with Crippen molar-refractivity contribution in [2.24, 2.45) is 0 Å². The van der Waals surface area contributed by atoms with Gasteiger partial charge in [-0.15, -0.1) is 0 Å². The van der Waals surface area contributed by atoms with E-state index in [0.717, 1.165) is 44.5 Å². The molecule has 3 heteroatoms. The molecule has 1 heterocycles. The molecule has 0 aliphatic heterocycles. The van der Waals surface area contributed by atoms with E-state index in [9.17, 15) is 0 Å². The summed E-state index contributed by atoms with van der Waals surface area (Å²) in [6.45, 7) is 2.15. The maximum Gasteiger partial charge on any atom is 0.164 e. The molecule has 0 saturated heterocycles. The average Bonchev–Trinajstić information content (AvgIpc) is 3.27. The van der Waals surface area contributed by atoms with Crippen LogP contribution < -0.4 is 0 Å². The molecule has 0 amide bonds. The van der Waals surface area contributed by atoms with Crippen molar-refractivity contribution in [2.45, 2.75) is 6.92 Å². The summed E-state index contributed by atoms with van der Waals surface area (Å²) in [5, 5.41) is 0. The van der Waals surface area contributed by atoms with Crippen molar-refractivity contribution in [3.05, 3.63) is 212 Å². The number of benzene rings is 8. The van der Waals surface area contributed by atoms with E-state index in [4.69, 9.17) is 15.0 Å². The predicted molar refractivity (Wildman–Crippen MR) is 228 cm³/mol. The van der Waals surface area contributed by atoms with Gasteiger partial charge in [-0.05, 0) is 105 Å². The number of aromatic nitrogens is 3. The minimum Gasteiger partial charge on any atom is -0.208 e. The quantitative estimate of drug-likeness (QED) is 0.158. The number of hydrogen-bond acceptors (Lipinski definition) is 3. The topological polar surface area (TPSA) is 38.7 Å². The van der Waals surface area contributed by atoms with Crippen molar-refractivity contribution in [3.8, 4) is 89.8 Å². The highest BCUT2D eigenvalue weighted by Gasteiger charge is 2.16. The third-order valence-corrected chi connectivity index (χ3v) is 10.0. The minimum absolute atomic E-state index is 0.621. The van der Waals surface area contributed by atoms with E-state index in [-0.39, 0.29) is 0 Å². The molecule has 0 unspecified atom stereocenters. The van der Waals surface area contributed by atoms with Crippen molar-refractivity contribution in [1.82, 2.24) is 15.0 Å². The Balaban J connectivity index is 1.19. The standard InChI is InChI=1S/C52H37N3/c1-36-16-11-12-29-49(36)42-25-15-28-45(32-42)52-54-50(43-26-13-23-40(30-43)37-17-5-2-6-18-37)53-51(55-52)44-27-14-24-41(31-44)48-34-46(38-19-7-3-8-20-38)33-47(35-48)39-21-9-4-10-22-39/h2-35H,1H3. The molecule has 0 aliphatic rings.